The molecule has 0 aliphatic carbocycles. The predicted octanol–water partition coefficient (Wildman–Crippen LogP) is 0.163. The van der Waals surface area contributed by atoms with Gasteiger partial charge in [0.2, 0.25) is 0 Å². The zero-order chi connectivity index (χ0) is 6.12. The summed E-state index contributed by atoms with van der Waals surface area (Å²) in [5.74, 6) is 0. The van der Waals surface area contributed by atoms with Crippen LogP contribution >= 0.6 is 0 Å². The third kappa shape index (κ3) is 174. The lowest BCUT2D eigenvalue weighted by molar-refractivity contribution is 0.318. The van der Waals surface area contributed by atoms with Crippen LogP contribution in [-0.2, 0) is 0 Å². The number of aliphatic hydroxyl groups excluding tert-OH is 2. The Morgan fingerprint density at radius 1 is 1.57 bits per heavy atom. The van der Waals surface area contributed by atoms with Crippen molar-refractivity contribution in [3.8, 4) is 0 Å². The molecule has 0 fully saturated rings. The van der Waals surface area contributed by atoms with Gasteiger partial charge in [-0.2, -0.15) is 0 Å². The van der Waals surface area contributed by atoms with E-state index in [-0.39, 0.29) is 13.2 Å². The molecule has 2 heteroatoms. The third-order valence-corrected chi connectivity index (χ3v) is 0.129. The third-order valence-electron chi connectivity index (χ3n) is 0.129. The summed E-state index contributed by atoms with van der Waals surface area (Å²) in [6, 6.07) is 0. The maximum absolute atomic E-state index is 7.76. The smallest absolute Gasteiger partial charge is 0.0609 e. The van der Waals surface area contributed by atoms with Gasteiger partial charge in [0.05, 0.1) is 6.61 Å². The largest absolute Gasteiger partial charge is 0.397 e. The molecule has 7 heavy (non-hydrogen) atoms. The molecule has 0 rings (SSSR count). The van der Waals surface area contributed by atoms with Crippen molar-refractivity contribution in [1.82, 2.24) is 0 Å². The van der Waals surface area contributed by atoms with Gasteiger partial charge in [0.1, 0.15) is 0 Å². The van der Waals surface area contributed by atoms with Gasteiger partial charge in [-0.15, -0.1) is 6.58 Å². The van der Waals surface area contributed by atoms with Crippen LogP contribution in [0.25, 0.3) is 0 Å². The van der Waals surface area contributed by atoms with E-state index in [1.165, 1.54) is 6.08 Å². The molecule has 0 amide bonds. The fourth-order valence-corrected chi connectivity index (χ4v) is 0. The average molecular weight is 104 g/mol. The lowest BCUT2D eigenvalue weighted by atomic mass is 10.7. The summed E-state index contributed by atoms with van der Waals surface area (Å²) in [5, 5.41) is 15.3. The second kappa shape index (κ2) is 17.4. The highest BCUT2D eigenvalue weighted by Crippen LogP contribution is 1.46. The standard InChI is InChI=1S/C3H6O.C2H6O/c1-2-3-4;1-2-3/h2,4H,1,3H2;3H,2H2,1H3. The van der Waals surface area contributed by atoms with Crippen LogP contribution in [0.4, 0.5) is 0 Å². The molecular formula is C5H12O2. The first kappa shape index (κ1) is 9.83. The molecule has 0 aromatic heterocycles. The van der Waals surface area contributed by atoms with Crippen molar-refractivity contribution < 1.29 is 10.2 Å². The second-order valence-corrected chi connectivity index (χ2v) is 0.787. The number of hydrogen-bond donors (Lipinski definition) is 2. The van der Waals surface area contributed by atoms with Crippen LogP contribution in [0.15, 0.2) is 12.7 Å². The Morgan fingerprint density at radius 2 is 1.71 bits per heavy atom. The second-order valence-electron chi connectivity index (χ2n) is 0.787. The molecule has 44 valence electrons. The summed E-state index contributed by atoms with van der Waals surface area (Å²) in [6.45, 7) is 5.24. The van der Waals surface area contributed by atoms with Crippen LogP contribution < -0.4 is 0 Å². The van der Waals surface area contributed by atoms with Gasteiger partial charge in [0.15, 0.2) is 0 Å². The number of hydrogen-bond acceptors (Lipinski definition) is 2. The van der Waals surface area contributed by atoms with Crippen molar-refractivity contribution in [3.63, 3.8) is 0 Å². The molecule has 0 saturated carbocycles. The summed E-state index contributed by atoms with van der Waals surface area (Å²) in [6.07, 6.45) is 1.43. The first-order valence-electron chi connectivity index (χ1n) is 2.16. The fraction of sp³-hybridized carbons (Fsp3) is 0.600. The monoisotopic (exact) mass is 104 g/mol. The van der Waals surface area contributed by atoms with E-state index in [2.05, 4.69) is 6.58 Å². The van der Waals surface area contributed by atoms with Crippen molar-refractivity contribution in [2.45, 2.75) is 6.92 Å². The van der Waals surface area contributed by atoms with Gasteiger partial charge >= 0.3 is 0 Å². The Morgan fingerprint density at radius 3 is 1.71 bits per heavy atom. The summed E-state index contributed by atoms with van der Waals surface area (Å²) in [5.41, 5.74) is 0. The molecule has 0 aromatic carbocycles. The van der Waals surface area contributed by atoms with E-state index in [1.807, 2.05) is 0 Å². The van der Waals surface area contributed by atoms with E-state index in [0.29, 0.717) is 0 Å². The van der Waals surface area contributed by atoms with Crippen molar-refractivity contribution in [2.24, 2.45) is 0 Å². The van der Waals surface area contributed by atoms with Gasteiger partial charge in [-0.3, -0.25) is 0 Å². The zero-order valence-corrected chi connectivity index (χ0v) is 4.59. The van der Waals surface area contributed by atoms with Gasteiger partial charge < -0.3 is 10.2 Å². The van der Waals surface area contributed by atoms with Crippen LogP contribution in [0.2, 0.25) is 0 Å². The summed E-state index contributed by atoms with van der Waals surface area (Å²) in [7, 11) is 0. The minimum absolute atomic E-state index is 0.0833. The van der Waals surface area contributed by atoms with Gasteiger partial charge in [-0.1, -0.05) is 6.08 Å². The first-order valence-corrected chi connectivity index (χ1v) is 2.16. The van der Waals surface area contributed by atoms with E-state index in [1.54, 1.807) is 6.92 Å². The van der Waals surface area contributed by atoms with Gasteiger partial charge in [0, 0.05) is 6.61 Å². The van der Waals surface area contributed by atoms with Crippen LogP contribution in [-0.4, -0.2) is 23.4 Å². The molecule has 2 N–H and O–H groups in total. The molecular weight excluding hydrogens is 92.1 g/mol. The summed E-state index contributed by atoms with van der Waals surface area (Å²) < 4.78 is 0. The predicted molar refractivity (Wildman–Crippen MR) is 30.0 cm³/mol. The maximum Gasteiger partial charge on any atom is 0.0609 e. The Bertz CT molecular complexity index is 27.3. The van der Waals surface area contributed by atoms with E-state index >= 15 is 0 Å². The number of aliphatic hydroxyl groups is 2. The Balaban J connectivity index is 0. The summed E-state index contributed by atoms with van der Waals surface area (Å²) >= 11 is 0. The molecule has 0 heterocycles. The topological polar surface area (TPSA) is 40.5 Å². The molecule has 0 bridgehead atoms. The van der Waals surface area contributed by atoms with Gasteiger partial charge in [-0.25, -0.2) is 0 Å². The van der Waals surface area contributed by atoms with E-state index in [4.69, 9.17) is 10.2 Å². The molecule has 0 unspecified atom stereocenters. The van der Waals surface area contributed by atoms with Crippen LogP contribution in [0.1, 0.15) is 6.92 Å². The molecule has 0 aliphatic rings. The van der Waals surface area contributed by atoms with Crippen molar-refractivity contribution >= 4 is 0 Å². The normalized spacial score (nSPS) is 6.14. The van der Waals surface area contributed by atoms with E-state index < -0.39 is 0 Å². The Hall–Kier alpha value is -0.340. The SMILES string of the molecule is C=CCO.CCO. The summed E-state index contributed by atoms with van der Waals surface area (Å²) in [4.78, 5) is 0. The van der Waals surface area contributed by atoms with Crippen LogP contribution in [0.3, 0.4) is 0 Å². The molecule has 0 aliphatic heterocycles. The Kier molecular flexibility index (Phi) is 24.4. The highest BCUT2D eigenvalue weighted by Gasteiger charge is 1.45. The number of rotatable bonds is 1. The van der Waals surface area contributed by atoms with E-state index in [0.717, 1.165) is 0 Å². The van der Waals surface area contributed by atoms with Crippen LogP contribution in [0.5, 0.6) is 0 Å². The molecule has 0 radical (unpaired) electrons. The Labute approximate surface area is 44.1 Å². The average Bonchev–Trinajstić information content (AvgIpc) is 1.69. The van der Waals surface area contributed by atoms with Crippen LogP contribution in [0, 0.1) is 0 Å². The molecule has 0 saturated heterocycles. The highest BCUT2D eigenvalue weighted by atomic mass is 16.3. The molecule has 0 atom stereocenters. The molecule has 0 spiro atoms. The van der Waals surface area contributed by atoms with Gasteiger partial charge in [-0.05, 0) is 6.92 Å². The van der Waals surface area contributed by atoms with E-state index in [9.17, 15) is 0 Å². The maximum atomic E-state index is 7.76. The first-order chi connectivity index (χ1) is 3.33. The highest BCUT2D eigenvalue weighted by molar-refractivity contribution is 4.60. The van der Waals surface area contributed by atoms with Crippen molar-refractivity contribution in [3.05, 3.63) is 12.7 Å². The fourth-order valence-electron chi connectivity index (χ4n) is 0. The lowest BCUT2D eigenvalue weighted by Crippen LogP contribution is -1.62. The quantitative estimate of drug-likeness (QED) is 0.465. The lowest BCUT2D eigenvalue weighted by Gasteiger charge is -1.60. The molecule has 0 aromatic rings. The molecule has 2 nitrogen and oxygen atoms in total. The van der Waals surface area contributed by atoms with Crippen molar-refractivity contribution in [2.75, 3.05) is 13.2 Å². The van der Waals surface area contributed by atoms with Gasteiger partial charge in [0.25, 0.3) is 0 Å². The minimum atomic E-state index is 0.0833. The van der Waals surface area contributed by atoms with Crippen molar-refractivity contribution in [1.29, 1.82) is 0 Å². The zero-order valence-electron chi connectivity index (χ0n) is 4.59. The minimum Gasteiger partial charge on any atom is -0.397 e.